The zero-order chi connectivity index (χ0) is 10.8. The molecule has 1 aromatic heterocycles. The van der Waals surface area contributed by atoms with Crippen LogP contribution in [0.4, 0.5) is 5.69 Å². The zero-order valence-corrected chi connectivity index (χ0v) is 12.3. The fraction of sp³-hybridized carbons (Fsp3) is 0.100. The first-order valence-corrected chi connectivity index (χ1v) is 6.76. The van der Waals surface area contributed by atoms with E-state index in [2.05, 4.69) is 57.7 Å². The molecule has 0 amide bonds. The van der Waals surface area contributed by atoms with Crippen molar-refractivity contribution in [3.05, 3.63) is 45.8 Å². The summed E-state index contributed by atoms with van der Waals surface area (Å²) >= 11 is 10.6. The maximum atomic E-state index is 4.10. The molecule has 15 heavy (non-hydrogen) atoms. The van der Waals surface area contributed by atoms with Crippen molar-refractivity contribution < 1.29 is 0 Å². The SMILES string of the molecule is BrC1=C(Br)C(Br)N(c2cccnc2)C=C1. The van der Waals surface area contributed by atoms with Gasteiger partial charge >= 0.3 is 0 Å². The predicted molar refractivity (Wildman–Crippen MR) is 73.5 cm³/mol. The number of anilines is 1. The van der Waals surface area contributed by atoms with Crippen LogP contribution < -0.4 is 4.90 Å². The molecule has 0 N–H and O–H groups in total. The molecule has 1 aliphatic rings. The van der Waals surface area contributed by atoms with Gasteiger partial charge in [-0.3, -0.25) is 4.98 Å². The highest BCUT2D eigenvalue weighted by Gasteiger charge is 2.21. The minimum atomic E-state index is 0.0982. The van der Waals surface area contributed by atoms with Crippen LogP contribution in [0, 0.1) is 0 Å². The van der Waals surface area contributed by atoms with Crippen molar-refractivity contribution >= 4 is 53.5 Å². The molecule has 2 rings (SSSR count). The van der Waals surface area contributed by atoms with Gasteiger partial charge in [0.1, 0.15) is 4.95 Å². The van der Waals surface area contributed by atoms with E-state index in [-0.39, 0.29) is 4.95 Å². The van der Waals surface area contributed by atoms with Crippen LogP contribution in [0.25, 0.3) is 0 Å². The molecule has 78 valence electrons. The Morgan fingerprint density at radius 1 is 1.33 bits per heavy atom. The van der Waals surface area contributed by atoms with Gasteiger partial charge in [0.2, 0.25) is 0 Å². The highest BCUT2D eigenvalue weighted by molar-refractivity contribution is 9.15. The Morgan fingerprint density at radius 3 is 2.80 bits per heavy atom. The lowest BCUT2D eigenvalue weighted by atomic mass is 10.3. The zero-order valence-electron chi connectivity index (χ0n) is 7.57. The van der Waals surface area contributed by atoms with Gasteiger partial charge in [0.25, 0.3) is 0 Å². The summed E-state index contributed by atoms with van der Waals surface area (Å²) in [7, 11) is 0. The smallest absolute Gasteiger partial charge is 0.122 e. The Balaban J connectivity index is 2.32. The number of hydrogen-bond donors (Lipinski definition) is 0. The first-order chi connectivity index (χ1) is 7.20. The van der Waals surface area contributed by atoms with Crippen molar-refractivity contribution in [3.63, 3.8) is 0 Å². The van der Waals surface area contributed by atoms with E-state index in [9.17, 15) is 0 Å². The van der Waals surface area contributed by atoms with Crippen LogP contribution in [0.3, 0.4) is 0 Å². The van der Waals surface area contributed by atoms with E-state index >= 15 is 0 Å². The van der Waals surface area contributed by atoms with Crippen molar-refractivity contribution in [2.45, 2.75) is 4.95 Å². The number of halogens is 3. The van der Waals surface area contributed by atoms with Crippen LogP contribution in [-0.4, -0.2) is 9.94 Å². The number of pyridine rings is 1. The average Bonchev–Trinajstić information content (AvgIpc) is 2.27. The molecule has 5 heteroatoms. The van der Waals surface area contributed by atoms with Gasteiger partial charge in [-0.2, -0.15) is 0 Å². The van der Waals surface area contributed by atoms with Crippen molar-refractivity contribution in [1.82, 2.24) is 4.98 Å². The molecule has 0 radical (unpaired) electrons. The first kappa shape index (κ1) is 11.4. The molecule has 0 aromatic carbocycles. The summed E-state index contributed by atoms with van der Waals surface area (Å²) < 4.78 is 2.11. The molecule has 0 aliphatic carbocycles. The Hall–Kier alpha value is -0.130. The van der Waals surface area contributed by atoms with Gasteiger partial charge in [-0.1, -0.05) is 31.9 Å². The average molecular weight is 395 g/mol. The van der Waals surface area contributed by atoms with Crippen LogP contribution in [0.5, 0.6) is 0 Å². The van der Waals surface area contributed by atoms with Crippen LogP contribution in [0.1, 0.15) is 0 Å². The summed E-state index contributed by atoms with van der Waals surface area (Å²) in [5, 5.41) is 0. The molecule has 0 bridgehead atoms. The molecular weight excluding hydrogens is 388 g/mol. The fourth-order valence-corrected chi connectivity index (χ4v) is 2.87. The standard InChI is InChI=1S/C10H7Br3N2/c11-8-3-5-15(10(13)9(8)12)7-2-1-4-14-6-7/h1-6,10H. The van der Waals surface area contributed by atoms with Gasteiger partial charge in [0.05, 0.1) is 11.9 Å². The number of aromatic nitrogens is 1. The van der Waals surface area contributed by atoms with E-state index in [1.165, 1.54) is 0 Å². The first-order valence-electron chi connectivity index (χ1n) is 4.26. The highest BCUT2D eigenvalue weighted by Crippen LogP contribution is 2.35. The Morgan fingerprint density at radius 2 is 2.13 bits per heavy atom. The number of alkyl halides is 1. The highest BCUT2D eigenvalue weighted by atomic mass is 79.9. The molecule has 2 heterocycles. The normalized spacial score (nSPS) is 21.0. The minimum Gasteiger partial charge on any atom is -0.329 e. The molecule has 1 unspecified atom stereocenters. The molecular formula is C10H7Br3N2. The Labute approximate surface area is 113 Å². The second kappa shape index (κ2) is 4.80. The number of allylic oxidation sites excluding steroid dienone is 2. The van der Waals surface area contributed by atoms with Gasteiger partial charge in [-0.25, -0.2) is 0 Å². The Kier molecular flexibility index (Phi) is 3.64. The van der Waals surface area contributed by atoms with Crippen molar-refractivity contribution in [3.8, 4) is 0 Å². The molecule has 2 nitrogen and oxygen atoms in total. The third-order valence-corrected chi connectivity index (χ3v) is 5.60. The number of hydrogen-bond acceptors (Lipinski definition) is 2. The molecule has 0 spiro atoms. The third kappa shape index (κ3) is 2.34. The van der Waals surface area contributed by atoms with Gasteiger partial charge in [-0.15, -0.1) is 0 Å². The topological polar surface area (TPSA) is 16.1 Å². The summed E-state index contributed by atoms with van der Waals surface area (Å²) in [5.41, 5.74) is 1.05. The lowest BCUT2D eigenvalue weighted by molar-refractivity contribution is 1.01. The maximum absolute atomic E-state index is 4.10. The van der Waals surface area contributed by atoms with E-state index in [0.717, 1.165) is 14.7 Å². The minimum absolute atomic E-state index is 0.0982. The second-order valence-electron chi connectivity index (χ2n) is 2.97. The maximum Gasteiger partial charge on any atom is 0.122 e. The Bertz CT molecular complexity index is 414. The molecule has 0 fully saturated rings. The summed E-state index contributed by atoms with van der Waals surface area (Å²) in [5.74, 6) is 0. The van der Waals surface area contributed by atoms with Crippen molar-refractivity contribution in [1.29, 1.82) is 0 Å². The van der Waals surface area contributed by atoms with E-state index < -0.39 is 0 Å². The molecule has 1 atom stereocenters. The van der Waals surface area contributed by atoms with E-state index in [0.29, 0.717) is 0 Å². The molecule has 1 aromatic rings. The van der Waals surface area contributed by atoms with Crippen molar-refractivity contribution in [2.24, 2.45) is 0 Å². The van der Waals surface area contributed by atoms with E-state index in [1.54, 1.807) is 6.20 Å². The van der Waals surface area contributed by atoms with Gasteiger partial charge in [-0.05, 0) is 34.1 Å². The summed E-state index contributed by atoms with van der Waals surface area (Å²) in [6.45, 7) is 0. The number of nitrogens with zero attached hydrogens (tertiary/aromatic N) is 2. The summed E-state index contributed by atoms with van der Waals surface area (Å²) in [4.78, 5) is 6.28. The van der Waals surface area contributed by atoms with Gasteiger partial charge in [0, 0.05) is 21.4 Å². The molecule has 0 saturated carbocycles. The van der Waals surface area contributed by atoms with E-state index in [4.69, 9.17) is 0 Å². The van der Waals surface area contributed by atoms with E-state index in [1.807, 2.05) is 30.6 Å². The van der Waals surface area contributed by atoms with Gasteiger partial charge in [0.15, 0.2) is 0 Å². The lowest BCUT2D eigenvalue weighted by Crippen LogP contribution is -2.27. The molecule has 0 saturated heterocycles. The van der Waals surface area contributed by atoms with Crippen LogP contribution >= 0.6 is 47.8 Å². The van der Waals surface area contributed by atoms with Crippen LogP contribution in [-0.2, 0) is 0 Å². The van der Waals surface area contributed by atoms with Crippen molar-refractivity contribution in [2.75, 3.05) is 4.90 Å². The second-order valence-corrected chi connectivity index (χ2v) is 5.54. The lowest BCUT2D eigenvalue weighted by Gasteiger charge is -2.29. The summed E-state index contributed by atoms with van der Waals surface area (Å²) in [6, 6.07) is 3.94. The molecule has 1 aliphatic heterocycles. The number of rotatable bonds is 1. The largest absolute Gasteiger partial charge is 0.329 e. The van der Waals surface area contributed by atoms with Crippen LogP contribution in [0.15, 0.2) is 45.8 Å². The summed E-state index contributed by atoms with van der Waals surface area (Å²) in [6.07, 6.45) is 7.60. The predicted octanol–water partition coefficient (Wildman–Crippen LogP) is 4.14. The fourth-order valence-electron chi connectivity index (χ4n) is 1.26. The third-order valence-electron chi connectivity index (χ3n) is 2.01. The van der Waals surface area contributed by atoms with Gasteiger partial charge < -0.3 is 4.90 Å². The quantitative estimate of drug-likeness (QED) is 0.525. The van der Waals surface area contributed by atoms with Crippen LogP contribution in [0.2, 0.25) is 0 Å². The monoisotopic (exact) mass is 392 g/mol.